The first-order valence-electron chi connectivity index (χ1n) is 8.04. The highest BCUT2D eigenvalue weighted by Gasteiger charge is 2.34. The van der Waals surface area contributed by atoms with Gasteiger partial charge in [-0.1, -0.05) is 28.1 Å². The summed E-state index contributed by atoms with van der Waals surface area (Å²) in [5.41, 5.74) is 1.68. The van der Waals surface area contributed by atoms with Crippen molar-refractivity contribution in [3.63, 3.8) is 0 Å². The van der Waals surface area contributed by atoms with Crippen molar-refractivity contribution in [2.45, 2.75) is 6.92 Å². The number of carbonyl (C=O) groups excluding carboxylic acids is 2. The molecule has 134 valence electrons. The van der Waals surface area contributed by atoms with Gasteiger partial charge in [0.25, 0.3) is 11.1 Å². The number of amides is 2. The van der Waals surface area contributed by atoms with E-state index in [0.29, 0.717) is 11.5 Å². The number of hydrogen-bond donors (Lipinski definition) is 1. The van der Waals surface area contributed by atoms with Gasteiger partial charge in [0.1, 0.15) is 5.75 Å². The van der Waals surface area contributed by atoms with E-state index in [2.05, 4.69) is 21.2 Å². The summed E-state index contributed by atoms with van der Waals surface area (Å²) in [6, 6.07) is 14.9. The van der Waals surface area contributed by atoms with Crippen LogP contribution in [0.5, 0.6) is 5.75 Å². The Balaban J connectivity index is 1.66. The molecule has 0 bridgehead atoms. The van der Waals surface area contributed by atoms with Crippen LogP contribution in [-0.4, -0.2) is 29.3 Å². The quantitative estimate of drug-likeness (QED) is 0.653. The molecule has 0 radical (unpaired) electrons. The van der Waals surface area contributed by atoms with Crippen LogP contribution >= 0.6 is 27.7 Å². The summed E-state index contributed by atoms with van der Waals surface area (Å²) < 4.78 is 6.37. The monoisotopic (exact) mass is 432 g/mol. The molecule has 0 unspecified atom stereocenters. The molecule has 5 nitrogen and oxygen atoms in total. The molecule has 2 amide bonds. The topological polar surface area (TPSA) is 58.6 Å². The van der Waals surface area contributed by atoms with Gasteiger partial charge in [-0.15, -0.1) is 0 Å². The highest BCUT2D eigenvalue weighted by atomic mass is 79.9. The lowest BCUT2D eigenvalue weighted by molar-refractivity contribution is -0.122. The molecule has 0 atom stereocenters. The normalized spacial score (nSPS) is 15.6. The molecular formula is C19H17BrN2O3S. The van der Waals surface area contributed by atoms with Crippen molar-refractivity contribution >= 4 is 50.6 Å². The van der Waals surface area contributed by atoms with Crippen LogP contribution in [0, 0.1) is 0 Å². The Morgan fingerprint density at radius 3 is 2.46 bits per heavy atom. The Morgan fingerprint density at radius 2 is 1.81 bits per heavy atom. The third kappa shape index (κ3) is 4.47. The van der Waals surface area contributed by atoms with Crippen molar-refractivity contribution in [3.8, 4) is 5.75 Å². The largest absolute Gasteiger partial charge is 0.494 e. The van der Waals surface area contributed by atoms with Crippen molar-refractivity contribution in [1.29, 1.82) is 0 Å². The minimum absolute atomic E-state index is 0.132. The van der Waals surface area contributed by atoms with Crippen molar-refractivity contribution in [2.24, 2.45) is 0 Å². The first-order valence-corrected chi connectivity index (χ1v) is 9.65. The van der Waals surface area contributed by atoms with Crippen LogP contribution in [0.1, 0.15) is 12.5 Å². The third-order valence-electron chi connectivity index (χ3n) is 3.65. The van der Waals surface area contributed by atoms with Gasteiger partial charge in [0.2, 0.25) is 0 Å². The first-order chi connectivity index (χ1) is 12.6. The summed E-state index contributed by atoms with van der Waals surface area (Å²) in [4.78, 5) is 26.3. The zero-order chi connectivity index (χ0) is 18.5. The standard InChI is InChI=1S/C19H17BrN2O3S/c1-2-25-16-9-3-13(4-10-16)11-17-18(23)22(19(24)26-17)12-21-15-7-5-14(20)6-8-15/h3-11,21H,2,12H2,1H3. The molecule has 1 N–H and O–H groups in total. The minimum Gasteiger partial charge on any atom is -0.494 e. The summed E-state index contributed by atoms with van der Waals surface area (Å²) in [6.07, 6.45) is 1.72. The van der Waals surface area contributed by atoms with Gasteiger partial charge in [0.05, 0.1) is 18.2 Å². The average Bonchev–Trinajstić information content (AvgIpc) is 2.90. The average molecular weight is 433 g/mol. The number of thioether (sulfide) groups is 1. The Bertz CT molecular complexity index is 835. The smallest absolute Gasteiger partial charge is 0.295 e. The van der Waals surface area contributed by atoms with Crippen molar-refractivity contribution in [1.82, 2.24) is 4.90 Å². The van der Waals surface area contributed by atoms with Crippen molar-refractivity contribution in [2.75, 3.05) is 18.6 Å². The van der Waals surface area contributed by atoms with Crippen LogP contribution in [0.25, 0.3) is 6.08 Å². The molecule has 0 saturated carbocycles. The number of rotatable bonds is 6. The molecule has 1 fully saturated rings. The van der Waals surface area contributed by atoms with E-state index in [4.69, 9.17) is 4.74 Å². The lowest BCUT2D eigenvalue weighted by Gasteiger charge is -2.14. The second kappa shape index (κ2) is 8.42. The summed E-state index contributed by atoms with van der Waals surface area (Å²) >= 11 is 4.32. The summed E-state index contributed by atoms with van der Waals surface area (Å²) in [7, 11) is 0. The fourth-order valence-electron chi connectivity index (χ4n) is 2.35. The maximum Gasteiger partial charge on any atom is 0.295 e. The molecule has 2 aromatic rings. The summed E-state index contributed by atoms with van der Waals surface area (Å²) in [5.74, 6) is 0.481. The number of hydrogen-bond acceptors (Lipinski definition) is 5. The lowest BCUT2D eigenvalue weighted by atomic mass is 10.2. The van der Waals surface area contributed by atoms with Gasteiger partial charge in [-0.05, 0) is 66.7 Å². The summed E-state index contributed by atoms with van der Waals surface area (Å²) in [5, 5.41) is 2.81. The molecule has 2 aromatic carbocycles. The molecule has 1 heterocycles. The van der Waals surface area contributed by atoms with E-state index in [-0.39, 0.29) is 17.8 Å². The van der Waals surface area contributed by atoms with Gasteiger partial charge >= 0.3 is 0 Å². The van der Waals surface area contributed by atoms with Crippen LogP contribution in [0.2, 0.25) is 0 Å². The maximum atomic E-state index is 12.5. The number of nitrogens with one attached hydrogen (secondary N) is 1. The van der Waals surface area contributed by atoms with Gasteiger partial charge in [-0.2, -0.15) is 0 Å². The number of nitrogens with zero attached hydrogens (tertiary/aromatic N) is 1. The van der Waals surface area contributed by atoms with Crippen LogP contribution < -0.4 is 10.1 Å². The Morgan fingerprint density at radius 1 is 1.12 bits per heavy atom. The Kier molecular flexibility index (Phi) is 6.00. The van der Waals surface area contributed by atoms with E-state index in [1.807, 2.05) is 55.5 Å². The molecular weight excluding hydrogens is 416 g/mol. The van der Waals surface area contributed by atoms with Gasteiger partial charge < -0.3 is 10.1 Å². The lowest BCUT2D eigenvalue weighted by Crippen LogP contribution is -2.33. The van der Waals surface area contributed by atoms with Gasteiger partial charge in [-0.3, -0.25) is 14.5 Å². The SMILES string of the molecule is CCOc1ccc(C=C2SC(=O)N(CNc3ccc(Br)cc3)C2=O)cc1. The van der Waals surface area contributed by atoms with E-state index in [1.54, 1.807) is 6.08 Å². The van der Waals surface area contributed by atoms with Crippen molar-refractivity contribution < 1.29 is 14.3 Å². The molecule has 0 aliphatic carbocycles. The number of imide groups is 1. The van der Waals surface area contributed by atoms with Crippen LogP contribution in [0.15, 0.2) is 57.9 Å². The number of benzene rings is 2. The zero-order valence-corrected chi connectivity index (χ0v) is 16.5. The predicted molar refractivity (Wildman–Crippen MR) is 108 cm³/mol. The zero-order valence-electron chi connectivity index (χ0n) is 14.1. The maximum absolute atomic E-state index is 12.5. The van der Waals surface area contributed by atoms with E-state index in [9.17, 15) is 9.59 Å². The van der Waals surface area contributed by atoms with E-state index < -0.39 is 0 Å². The summed E-state index contributed by atoms with van der Waals surface area (Å²) in [6.45, 7) is 2.66. The highest BCUT2D eigenvalue weighted by molar-refractivity contribution is 9.10. The first kappa shape index (κ1) is 18.5. The fraction of sp³-hybridized carbons (Fsp3) is 0.158. The highest BCUT2D eigenvalue weighted by Crippen LogP contribution is 2.32. The molecule has 7 heteroatoms. The van der Waals surface area contributed by atoms with Gasteiger partial charge in [0, 0.05) is 10.2 Å². The molecule has 0 spiro atoms. The van der Waals surface area contributed by atoms with Crippen LogP contribution in [0.3, 0.4) is 0 Å². The minimum atomic E-state index is -0.293. The molecule has 3 rings (SSSR count). The molecule has 26 heavy (non-hydrogen) atoms. The second-order valence-corrected chi connectivity index (χ2v) is 7.36. The van der Waals surface area contributed by atoms with E-state index in [1.165, 1.54) is 4.90 Å². The predicted octanol–water partition coefficient (Wildman–Crippen LogP) is 4.95. The van der Waals surface area contributed by atoms with Crippen LogP contribution in [-0.2, 0) is 4.79 Å². The number of ether oxygens (including phenoxy) is 1. The Labute approximate surface area is 164 Å². The number of anilines is 1. The van der Waals surface area contributed by atoms with Gasteiger partial charge in [0.15, 0.2) is 0 Å². The van der Waals surface area contributed by atoms with Crippen molar-refractivity contribution in [3.05, 3.63) is 63.5 Å². The van der Waals surface area contributed by atoms with Crippen LogP contribution in [0.4, 0.5) is 10.5 Å². The van der Waals surface area contributed by atoms with E-state index in [0.717, 1.165) is 33.2 Å². The Hall–Kier alpha value is -2.25. The molecule has 1 aliphatic rings. The number of halogens is 1. The molecule has 0 aromatic heterocycles. The molecule has 1 aliphatic heterocycles. The van der Waals surface area contributed by atoms with Gasteiger partial charge in [-0.25, -0.2) is 0 Å². The number of carbonyl (C=O) groups is 2. The second-order valence-electron chi connectivity index (χ2n) is 5.45. The van der Waals surface area contributed by atoms with E-state index >= 15 is 0 Å². The third-order valence-corrected chi connectivity index (χ3v) is 5.08. The fourth-order valence-corrected chi connectivity index (χ4v) is 3.46. The molecule has 1 saturated heterocycles.